The van der Waals surface area contributed by atoms with E-state index < -0.39 is 34.0 Å². The number of aliphatic carboxylic acids is 1. The molecule has 0 aliphatic rings. The summed E-state index contributed by atoms with van der Waals surface area (Å²) in [5.74, 6) is -1.93. The second kappa shape index (κ2) is 11.5. The predicted molar refractivity (Wildman–Crippen MR) is 125 cm³/mol. The minimum atomic E-state index is -3.65. The van der Waals surface area contributed by atoms with Crippen molar-refractivity contribution in [3.05, 3.63) is 47.4 Å². The number of hydrogen-bond acceptors (Lipinski definition) is 8. The molecule has 1 aromatic carbocycles. The monoisotopic (exact) mass is 494 g/mol. The van der Waals surface area contributed by atoms with E-state index in [1.54, 1.807) is 6.08 Å². The van der Waals surface area contributed by atoms with Crippen molar-refractivity contribution in [2.24, 2.45) is 0 Å². The maximum Gasteiger partial charge on any atom is 0.239 e. The first-order chi connectivity index (χ1) is 15.8. The number of aromatic nitrogens is 2. The molecule has 2 atom stereocenters. The van der Waals surface area contributed by atoms with E-state index in [4.69, 9.17) is 4.74 Å². The maximum absolute atomic E-state index is 13.5. The fourth-order valence-corrected chi connectivity index (χ4v) is 3.58. The Balaban J connectivity index is 2.61. The van der Waals surface area contributed by atoms with Crippen LogP contribution in [0.1, 0.15) is 43.9 Å². The number of ether oxygens (including phenoxy) is 1. The lowest BCUT2D eigenvalue weighted by atomic mass is 9.97. The highest BCUT2D eigenvalue weighted by Gasteiger charge is 2.22. The van der Waals surface area contributed by atoms with E-state index in [2.05, 4.69) is 9.97 Å². The molecule has 0 amide bonds. The van der Waals surface area contributed by atoms with Gasteiger partial charge in [-0.1, -0.05) is 26.0 Å². The molecule has 11 heteroatoms. The number of anilines is 1. The van der Waals surface area contributed by atoms with E-state index in [1.165, 1.54) is 44.5 Å². The molecule has 1 N–H and O–H groups in total. The third kappa shape index (κ3) is 7.31. The third-order valence-corrected chi connectivity index (χ3v) is 6.28. The molecule has 0 saturated heterocycles. The topological polar surface area (TPSA) is 133 Å². The van der Waals surface area contributed by atoms with Gasteiger partial charge in [0.1, 0.15) is 5.82 Å². The van der Waals surface area contributed by atoms with Crippen molar-refractivity contribution < 1.29 is 32.6 Å². The Bertz CT molecular complexity index is 1140. The van der Waals surface area contributed by atoms with Crippen LogP contribution in [0.3, 0.4) is 0 Å². The van der Waals surface area contributed by atoms with Crippen molar-refractivity contribution in [1.29, 1.82) is 0 Å². The Morgan fingerprint density at radius 1 is 1.26 bits per heavy atom. The number of rotatable bonds is 11. The Kier molecular flexibility index (Phi) is 9.25. The van der Waals surface area contributed by atoms with Gasteiger partial charge in [-0.25, -0.2) is 27.1 Å². The van der Waals surface area contributed by atoms with Gasteiger partial charge in [0.05, 0.1) is 29.9 Å². The third-order valence-electron chi connectivity index (χ3n) is 5.12. The van der Waals surface area contributed by atoms with Crippen LogP contribution in [0.25, 0.3) is 17.3 Å². The molecule has 0 aliphatic heterocycles. The van der Waals surface area contributed by atoms with Crippen molar-refractivity contribution >= 4 is 28.0 Å². The summed E-state index contributed by atoms with van der Waals surface area (Å²) in [6.45, 7) is 3.74. The van der Waals surface area contributed by atoms with Crippen LogP contribution >= 0.6 is 0 Å². The first-order valence-electron chi connectivity index (χ1n) is 10.5. The van der Waals surface area contributed by atoms with Gasteiger partial charge in [-0.05, 0) is 30.2 Å². The SMILES string of the molecule is COC(CC(=O)[O-])C[C@H](O)/C=C/c1c(-c2ccc(F)cc2)nc(N(C)S(C)(=O)=O)nc1C(C)C. The van der Waals surface area contributed by atoms with Crippen LogP contribution in [-0.4, -0.2) is 62.1 Å². The van der Waals surface area contributed by atoms with E-state index >= 15 is 0 Å². The van der Waals surface area contributed by atoms with Crippen LogP contribution in [0.2, 0.25) is 0 Å². The molecule has 0 aliphatic carbocycles. The highest BCUT2D eigenvalue weighted by molar-refractivity contribution is 7.92. The molecule has 0 bridgehead atoms. The number of aliphatic hydroxyl groups is 1. The van der Waals surface area contributed by atoms with Gasteiger partial charge in [0, 0.05) is 44.1 Å². The number of benzene rings is 1. The molecule has 2 rings (SSSR count). The number of halogens is 1. The average molecular weight is 495 g/mol. The Morgan fingerprint density at radius 3 is 2.38 bits per heavy atom. The molecule has 34 heavy (non-hydrogen) atoms. The summed E-state index contributed by atoms with van der Waals surface area (Å²) in [6, 6.07) is 5.55. The van der Waals surface area contributed by atoms with Crippen LogP contribution in [0, 0.1) is 5.82 Å². The number of hydrogen-bond donors (Lipinski definition) is 1. The maximum atomic E-state index is 13.5. The molecule has 0 spiro atoms. The summed E-state index contributed by atoms with van der Waals surface area (Å²) in [5.41, 5.74) is 1.90. The molecular weight excluding hydrogens is 465 g/mol. The average Bonchev–Trinajstić information content (AvgIpc) is 2.75. The zero-order valence-electron chi connectivity index (χ0n) is 19.7. The second-order valence-electron chi connectivity index (χ2n) is 8.16. The van der Waals surface area contributed by atoms with Crippen molar-refractivity contribution in [3.8, 4) is 11.3 Å². The van der Waals surface area contributed by atoms with Gasteiger partial charge in [-0.2, -0.15) is 0 Å². The normalized spacial score (nSPS) is 13.9. The fourth-order valence-electron chi connectivity index (χ4n) is 3.20. The number of carbonyl (C=O) groups is 1. The number of carboxylic acid groups (broad SMARTS) is 1. The minimum absolute atomic E-state index is 0.0135. The number of carboxylic acids is 1. The number of methoxy groups -OCH3 is 1. The van der Waals surface area contributed by atoms with E-state index in [0.29, 0.717) is 22.5 Å². The summed E-state index contributed by atoms with van der Waals surface area (Å²) in [7, 11) is -0.962. The van der Waals surface area contributed by atoms with E-state index in [0.717, 1.165) is 10.6 Å². The van der Waals surface area contributed by atoms with Crippen molar-refractivity contribution in [3.63, 3.8) is 0 Å². The van der Waals surface area contributed by atoms with E-state index in [-0.39, 0.29) is 24.7 Å². The number of nitrogens with zero attached hydrogens (tertiary/aromatic N) is 3. The van der Waals surface area contributed by atoms with Crippen molar-refractivity contribution in [2.75, 3.05) is 24.7 Å². The lowest BCUT2D eigenvalue weighted by Gasteiger charge is -2.21. The summed E-state index contributed by atoms with van der Waals surface area (Å²) in [6.07, 6.45) is 1.94. The summed E-state index contributed by atoms with van der Waals surface area (Å²) >= 11 is 0. The highest BCUT2D eigenvalue weighted by atomic mass is 32.2. The largest absolute Gasteiger partial charge is 0.550 e. The molecule has 2 aromatic rings. The van der Waals surface area contributed by atoms with Gasteiger partial charge in [-0.15, -0.1) is 0 Å². The number of carbonyl (C=O) groups excluding carboxylic acids is 1. The van der Waals surface area contributed by atoms with Gasteiger partial charge in [0.25, 0.3) is 0 Å². The Labute approximate surface area is 199 Å². The molecule has 1 heterocycles. The van der Waals surface area contributed by atoms with Crippen molar-refractivity contribution in [1.82, 2.24) is 9.97 Å². The molecule has 1 unspecified atom stereocenters. The fraction of sp³-hybridized carbons (Fsp3) is 0.435. The zero-order chi connectivity index (χ0) is 25.6. The minimum Gasteiger partial charge on any atom is -0.550 e. The number of sulfonamides is 1. The lowest BCUT2D eigenvalue weighted by molar-refractivity contribution is -0.307. The van der Waals surface area contributed by atoms with E-state index in [1.807, 2.05) is 13.8 Å². The van der Waals surface area contributed by atoms with Crippen LogP contribution in [0.4, 0.5) is 10.3 Å². The molecule has 9 nitrogen and oxygen atoms in total. The second-order valence-corrected chi connectivity index (χ2v) is 10.2. The smallest absolute Gasteiger partial charge is 0.239 e. The molecule has 0 fully saturated rings. The molecule has 0 radical (unpaired) electrons. The van der Waals surface area contributed by atoms with Gasteiger partial charge in [0.15, 0.2) is 0 Å². The van der Waals surface area contributed by atoms with Gasteiger partial charge >= 0.3 is 0 Å². The molecule has 0 saturated carbocycles. The molecular formula is C23H29FN3O6S-. The van der Waals surface area contributed by atoms with Gasteiger partial charge in [0.2, 0.25) is 16.0 Å². The lowest BCUT2D eigenvalue weighted by Crippen LogP contribution is -2.30. The van der Waals surface area contributed by atoms with Gasteiger partial charge in [-0.3, -0.25) is 0 Å². The first-order valence-corrected chi connectivity index (χ1v) is 12.4. The van der Waals surface area contributed by atoms with Crippen molar-refractivity contribution in [2.45, 2.75) is 44.8 Å². The summed E-state index contributed by atoms with van der Waals surface area (Å²) in [4.78, 5) is 19.8. The van der Waals surface area contributed by atoms with Crippen LogP contribution in [0.15, 0.2) is 30.3 Å². The predicted octanol–water partition coefficient (Wildman–Crippen LogP) is 1.72. The van der Waals surface area contributed by atoms with Crippen LogP contribution < -0.4 is 9.41 Å². The summed E-state index contributed by atoms with van der Waals surface area (Å²) in [5, 5.41) is 21.3. The Hall–Kier alpha value is -2.89. The molecule has 186 valence electrons. The standard InChI is InChI=1S/C23H30FN3O6S/c1-14(2)21-19(11-10-17(28)12-18(33-4)13-20(29)30)22(15-6-8-16(24)9-7-15)26-23(25-21)27(3)34(5,31)32/h6-11,14,17-18,28H,12-13H2,1-5H3,(H,29,30)/p-1/b11-10+/t17-,18?/m1/s1. The molecule has 1 aromatic heterocycles. The highest BCUT2D eigenvalue weighted by Crippen LogP contribution is 2.31. The first kappa shape index (κ1) is 27.4. The van der Waals surface area contributed by atoms with Crippen LogP contribution in [0.5, 0.6) is 0 Å². The zero-order valence-corrected chi connectivity index (χ0v) is 20.5. The van der Waals surface area contributed by atoms with Gasteiger partial charge < -0.3 is 19.7 Å². The van der Waals surface area contributed by atoms with Crippen LogP contribution in [-0.2, 0) is 19.6 Å². The quantitative estimate of drug-likeness (QED) is 0.499. The number of aliphatic hydroxyl groups excluding tert-OH is 1. The Morgan fingerprint density at radius 2 is 1.88 bits per heavy atom. The van der Waals surface area contributed by atoms with E-state index in [9.17, 15) is 27.8 Å². The summed E-state index contributed by atoms with van der Waals surface area (Å²) < 4.78 is 43.8.